The van der Waals surface area contributed by atoms with Gasteiger partial charge >= 0.3 is 17.1 Å². The standard InChI is InChI=1S/C16H20NO.C5H5.Fe/c1-12(17(2)3)14-10-7-11-15(14)16(18)13-8-5-4-6-9-13;1-2-4-5-3-1;/h4-12,16,18H,1-3H3;1-5H;/q;;+2/t12-,16+;;/m0../s1. The summed E-state index contributed by atoms with van der Waals surface area (Å²) in [4.78, 5) is 2.15. The van der Waals surface area contributed by atoms with E-state index in [1.54, 1.807) is 0 Å². The van der Waals surface area contributed by atoms with Crippen LogP contribution < -0.4 is 0 Å². The molecule has 3 rings (SSSR count). The van der Waals surface area contributed by atoms with E-state index in [9.17, 15) is 5.11 Å². The molecule has 2 saturated carbocycles. The van der Waals surface area contributed by atoms with Gasteiger partial charge in [0.2, 0.25) is 0 Å². The molecule has 0 spiro atoms. The molecule has 3 heteroatoms. The molecule has 126 valence electrons. The van der Waals surface area contributed by atoms with Gasteiger partial charge in [0.1, 0.15) is 0 Å². The van der Waals surface area contributed by atoms with Gasteiger partial charge in [-0.2, -0.15) is 0 Å². The van der Waals surface area contributed by atoms with Crippen LogP contribution in [0.25, 0.3) is 0 Å². The molecule has 0 bridgehead atoms. The van der Waals surface area contributed by atoms with Crippen molar-refractivity contribution >= 4 is 0 Å². The molecule has 0 amide bonds. The average Bonchev–Trinajstić information content (AvgIpc) is 3.28. The van der Waals surface area contributed by atoms with E-state index in [-0.39, 0.29) is 17.1 Å². The number of aliphatic hydroxyl groups is 1. The summed E-state index contributed by atoms with van der Waals surface area (Å²) in [5.74, 6) is 2.19. The SMILES string of the molecule is C[C@@H]([C]1[CH][CH][CH][C]1[C@H](O)c1ccccc1)N(C)C.[CH]1[CH][CH][CH][CH]1.[Fe+2]. The van der Waals surface area contributed by atoms with E-state index in [4.69, 9.17) is 0 Å². The van der Waals surface area contributed by atoms with Crippen molar-refractivity contribution in [1.82, 2.24) is 4.90 Å². The second kappa shape index (κ2) is 11.3. The molecule has 1 aromatic rings. The van der Waals surface area contributed by atoms with Crippen LogP contribution in [0, 0.1) is 63.2 Å². The zero-order valence-corrected chi connectivity index (χ0v) is 15.5. The summed E-state index contributed by atoms with van der Waals surface area (Å²) in [6.07, 6.45) is 15.6. The number of aliphatic hydroxyl groups excluding tert-OH is 1. The van der Waals surface area contributed by atoms with Gasteiger partial charge in [0.25, 0.3) is 0 Å². The third-order valence-electron chi connectivity index (χ3n) is 4.08. The Kier molecular flexibility index (Phi) is 10.2. The van der Waals surface area contributed by atoms with Crippen molar-refractivity contribution in [3.8, 4) is 0 Å². The smallest absolute Gasteiger partial charge is 0.388 e. The Morgan fingerprint density at radius 1 is 0.792 bits per heavy atom. The van der Waals surface area contributed by atoms with E-state index in [1.165, 1.54) is 5.92 Å². The van der Waals surface area contributed by atoms with Crippen molar-refractivity contribution in [2.45, 2.75) is 19.1 Å². The van der Waals surface area contributed by atoms with Crippen molar-refractivity contribution in [1.29, 1.82) is 0 Å². The topological polar surface area (TPSA) is 23.5 Å². The molecule has 0 aliphatic heterocycles. The van der Waals surface area contributed by atoms with Crippen LogP contribution in [0.5, 0.6) is 0 Å². The number of hydrogen-bond acceptors (Lipinski definition) is 2. The molecule has 2 aliphatic rings. The monoisotopic (exact) mass is 363 g/mol. The number of hydrogen-bond donors (Lipinski definition) is 1. The first-order chi connectivity index (χ1) is 11.1. The third kappa shape index (κ3) is 6.19. The van der Waals surface area contributed by atoms with E-state index in [2.05, 4.69) is 32.3 Å². The van der Waals surface area contributed by atoms with Gasteiger partial charge in [0, 0.05) is 17.9 Å². The van der Waals surface area contributed by atoms with Crippen molar-refractivity contribution in [3.63, 3.8) is 0 Å². The maximum atomic E-state index is 10.5. The van der Waals surface area contributed by atoms with Gasteiger partial charge in [-0.25, -0.2) is 0 Å². The van der Waals surface area contributed by atoms with Crippen LogP contribution in [-0.4, -0.2) is 30.1 Å². The Bertz CT molecular complexity index is 425. The van der Waals surface area contributed by atoms with Gasteiger partial charge in [-0.15, -0.1) is 0 Å². The maximum absolute atomic E-state index is 10.5. The van der Waals surface area contributed by atoms with Crippen molar-refractivity contribution < 1.29 is 22.2 Å². The minimum absolute atomic E-state index is 0. The van der Waals surface area contributed by atoms with Gasteiger partial charge < -0.3 is 10.0 Å². The number of rotatable bonds is 4. The van der Waals surface area contributed by atoms with E-state index >= 15 is 0 Å². The minimum Gasteiger partial charge on any atom is -0.388 e. The molecule has 24 heavy (non-hydrogen) atoms. The van der Waals surface area contributed by atoms with Gasteiger partial charge in [0.05, 0.1) is 6.10 Å². The summed E-state index contributed by atoms with van der Waals surface area (Å²) in [7, 11) is 4.10. The van der Waals surface area contributed by atoms with Crippen molar-refractivity contribution in [3.05, 3.63) is 99.1 Å². The molecule has 0 heterocycles. The average molecular weight is 363 g/mol. The molecule has 10 radical (unpaired) electrons. The molecular weight excluding hydrogens is 338 g/mol. The van der Waals surface area contributed by atoms with E-state index < -0.39 is 6.10 Å². The fourth-order valence-corrected chi connectivity index (χ4v) is 2.49. The van der Waals surface area contributed by atoms with Crippen LogP contribution in [0.1, 0.15) is 18.6 Å². The van der Waals surface area contributed by atoms with E-state index in [0.29, 0.717) is 6.04 Å². The molecular formula is C21H25FeNO+2. The molecule has 2 aliphatic carbocycles. The molecule has 0 saturated heterocycles. The zero-order valence-electron chi connectivity index (χ0n) is 14.4. The molecule has 2 fully saturated rings. The number of benzene rings is 1. The van der Waals surface area contributed by atoms with Gasteiger partial charge in [-0.05, 0) is 77.9 Å². The van der Waals surface area contributed by atoms with Crippen molar-refractivity contribution in [2.24, 2.45) is 0 Å². The van der Waals surface area contributed by atoms with Gasteiger partial charge in [-0.1, -0.05) is 30.3 Å². The first-order valence-electron chi connectivity index (χ1n) is 7.93. The Morgan fingerprint density at radius 2 is 1.29 bits per heavy atom. The Morgan fingerprint density at radius 3 is 1.79 bits per heavy atom. The number of nitrogens with zero attached hydrogens (tertiary/aromatic N) is 1. The Hall–Kier alpha value is -0.341. The second-order valence-corrected chi connectivity index (χ2v) is 5.85. The zero-order chi connectivity index (χ0) is 16.7. The van der Waals surface area contributed by atoms with Crippen LogP contribution in [-0.2, 0) is 17.1 Å². The van der Waals surface area contributed by atoms with Crippen molar-refractivity contribution in [2.75, 3.05) is 14.1 Å². The summed E-state index contributed by atoms with van der Waals surface area (Å²) in [5.41, 5.74) is 0.941. The Balaban J connectivity index is 0.000000412. The van der Waals surface area contributed by atoms with Crippen LogP contribution in [0.2, 0.25) is 0 Å². The minimum atomic E-state index is -0.543. The fourth-order valence-electron chi connectivity index (χ4n) is 2.49. The molecule has 1 aromatic carbocycles. The first kappa shape index (κ1) is 21.7. The van der Waals surface area contributed by atoms with Crippen LogP contribution in [0.4, 0.5) is 0 Å². The second-order valence-electron chi connectivity index (χ2n) is 5.85. The molecule has 1 N–H and O–H groups in total. The van der Waals surface area contributed by atoms with Crippen LogP contribution in [0.15, 0.2) is 30.3 Å². The predicted molar refractivity (Wildman–Crippen MR) is 95.4 cm³/mol. The first-order valence-corrected chi connectivity index (χ1v) is 7.93. The predicted octanol–water partition coefficient (Wildman–Crippen LogP) is 3.46. The van der Waals surface area contributed by atoms with Crippen LogP contribution in [0.3, 0.4) is 0 Å². The summed E-state index contributed by atoms with van der Waals surface area (Å²) >= 11 is 0. The van der Waals surface area contributed by atoms with E-state index in [1.807, 2.05) is 75.3 Å². The largest absolute Gasteiger partial charge is 2.00 e. The fraction of sp³-hybridized carbons (Fsp3) is 0.238. The molecule has 2 atom stereocenters. The molecule has 0 aromatic heterocycles. The van der Waals surface area contributed by atoms with Crippen LogP contribution >= 0.6 is 0 Å². The Labute approximate surface area is 159 Å². The summed E-state index contributed by atoms with van der Waals surface area (Å²) in [6, 6.07) is 10.1. The summed E-state index contributed by atoms with van der Waals surface area (Å²) < 4.78 is 0. The van der Waals surface area contributed by atoms with Gasteiger partial charge in [0.15, 0.2) is 0 Å². The molecule has 2 nitrogen and oxygen atoms in total. The summed E-state index contributed by atoms with van der Waals surface area (Å²) in [5, 5.41) is 10.5. The van der Waals surface area contributed by atoms with Gasteiger partial charge in [-0.3, -0.25) is 0 Å². The molecule has 0 unspecified atom stereocenters. The quantitative estimate of drug-likeness (QED) is 0.829. The third-order valence-corrected chi connectivity index (χ3v) is 4.08. The van der Waals surface area contributed by atoms with E-state index in [0.717, 1.165) is 11.5 Å². The maximum Gasteiger partial charge on any atom is 2.00 e. The normalized spacial score (nSPS) is 21.0. The summed E-state index contributed by atoms with van der Waals surface area (Å²) in [6.45, 7) is 2.15.